The summed E-state index contributed by atoms with van der Waals surface area (Å²) < 4.78 is 36.9. The molecule has 0 spiro atoms. The van der Waals surface area contributed by atoms with Gasteiger partial charge in [0, 0.05) is 0 Å². The number of urea groups is 1. The lowest BCUT2D eigenvalue weighted by Gasteiger charge is -2.24. The molecule has 0 aromatic carbocycles. The fourth-order valence-corrected chi connectivity index (χ4v) is 1.34. The first-order valence-corrected chi connectivity index (χ1v) is 5.94. The van der Waals surface area contributed by atoms with Gasteiger partial charge >= 0.3 is 18.2 Å². The van der Waals surface area contributed by atoms with Gasteiger partial charge in [0.1, 0.15) is 11.2 Å². The van der Waals surface area contributed by atoms with Crippen molar-refractivity contribution in [3.05, 3.63) is 24.0 Å². The van der Waals surface area contributed by atoms with Gasteiger partial charge in [-0.25, -0.2) is 14.6 Å². The number of amides is 2. The van der Waals surface area contributed by atoms with E-state index >= 15 is 0 Å². The molecular weight excluding hydrogens is 291 g/mol. The van der Waals surface area contributed by atoms with Crippen molar-refractivity contribution in [2.24, 2.45) is 0 Å². The van der Waals surface area contributed by atoms with E-state index in [1.54, 1.807) is 6.92 Å². The Balaban J connectivity index is 2.74. The van der Waals surface area contributed by atoms with Crippen molar-refractivity contribution in [2.75, 3.05) is 5.32 Å². The molecular formula is C12H14F3N3O3. The minimum atomic E-state index is -4.56. The number of hydrogen-bond acceptors (Lipinski definition) is 3. The van der Waals surface area contributed by atoms with Gasteiger partial charge in [-0.1, -0.05) is 6.92 Å². The van der Waals surface area contributed by atoms with Crippen LogP contribution in [0.1, 0.15) is 26.0 Å². The third kappa shape index (κ3) is 4.33. The molecule has 0 aliphatic rings. The van der Waals surface area contributed by atoms with Gasteiger partial charge in [-0.2, -0.15) is 13.2 Å². The highest BCUT2D eigenvalue weighted by Gasteiger charge is 2.33. The van der Waals surface area contributed by atoms with Crippen molar-refractivity contribution in [3.8, 4) is 0 Å². The average Bonchev–Trinajstić information content (AvgIpc) is 2.37. The second-order valence-corrected chi connectivity index (χ2v) is 4.50. The van der Waals surface area contributed by atoms with Crippen LogP contribution in [0, 0.1) is 0 Å². The number of aromatic nitrogens is 1. The largest absolute Gasteiger partial charge is 0.480 e. The Bertz CT molecular complexity index is 531. The molecule has 1 aromatic heterocycles. The molecule has 9 heteroatoms. The Morgan fingerprint density at radius 1 is 1.33 bits per heavy atom. The number of alkyl halides is 3. The zero-order valence-electron chi connectivity index (χ0n) is 11.3. The highest BCUT2D eigenvalue weighted by atomic mass is 19.4. The van der Waals surface area contributed by atoms with E-state index in [1.807, 2.05) is 0 Å². The fourth-order valence-electron chi connectivity index (χ4n) is 1.34. The van der Waals surface area contributed by atoms with Crippen LogP contribution in [-0.2, 0) is 11.0 Å². The molecule has 1 heterocycles. The maximum atomic E-state index is 12.3. The Labute approximate surface area is 118 Å². The van der Waals surface area contributed by atoms with Gasteiger partial charge in [0.15, 0.2) is 0 Å². The van der Waals surface area contributed by atoms with Gasteiger partial charge < -0.3 is 15.7 Å². The van der Waals surface area contributed by atoms with Crippen LogP contribution in [0.2, 0.25) is 0 Å². The van der Waals surface area contributed by atoms with Crippen molar-refractivity contribution in [1.82, 2.24) is 10.3 Å². The van der Waals surface area contributed by atoms with E-state index in [-0.39, 0.29) is 12.1 Å². The summed E-state index contributed by atoms with van der Waals surface area (Å²) in [5.74, 6) is -1.22. The first-order valence-electron chi connectivity index (χ1n) is 5.94. The monoisotopic (exact) mass is 305 g/mol. The van der Waals surface area contributed by atoms with Crippen molar-refractivity contribution in [3.63, 3.8) is 0 Å². The smallest absolute Gasteiger partial charge is 0.433 e. The van der Waals surface area contributed by atoms with Gasteiger partial charge in [-0.15, -0.1) is 0 Å². The number of pyridine rings is 1. The summed E-state index contributed by atoms with van der Waals surface area (Å²) in [6, 6.07) is 0.897. The number of rotatable bonds is 4. The molecule has 1 rings (SSSR count). The lowest BCUT2D eigenvalue weighted by atomic mass is 10.00. The topological polar surface area (TPSA) is 91.3 Å². The number of aliphatic carboxylic acids is 1. The van der Waals surface area contributed by atoms with E-state index < -0.39 is 29.4 Å². The number of carboxylic acids is 1. The third-order valence-corrected chi connectivity index (χ3v) is 2.88. The fraction of sp³-hybridized carbons (Fsp3) is 0.417. The minimum Gasteiger partial charge on any atom is -0.480 e. The molecule has 0 fully saturated rings. The van der Waals surface area contributed by atoms with Crippen LogP contribution in [0.5, 0.6) is 0 Å². The lowest BCUT2D eigenvalue weighted by Crippen LogP contribution is -2.53. The number of nitrogens with zero attached hydrogens (tertiary/aromatic N) is 1. The number of carbonyl (C=O) groups is 2. The molecule has 0 aliphatic heterocycles. The van der Waals surface area contributed by atoms with Crippen molar-refractivity contribution >= 4 is 17.7 Å². The number of halogens is 3. The zero-order valence-corrected chi connectivity index (χ0v) is 11.3. The number of carbonyl (C=O) groups excluding carboxylic acids is 1. The number of nitrogens with one attached hydrogen (secondary N) is 2. The van der Waals surface area contributed by atoms with Gasteiger partial charge in [0.2, 0.25) is 0 Å². The van der Waals surface area contributed by atoms with Crippen LogP contribution in [0.25, 0.3) is 0 Å². The van der Waals surface area contributed by atoms with Crippen molar-refractivity contribution in [2.45, 2.75) is 32.0 Å². The normalized spacial score (nSPS) is 14.1. The molecule has 0 aliphatic carbocycles. The first-order chi connectivity index (χ1) is 9.58. The summed E-state index contributed by atoms with van der Waals surface area (Å²) in [5, 5.41) is 13.5. The number of anilines is 1. The zero-order chi connectivity index (χ0) is 16.3. The summed E-state index contributed by atoms with van der Waals surface area (Å²) in [5.41, 5.74) is -2.54. The summed E-state index contributed by atoms with van der Waals surface area (Å²) >= 11 is 0. The summed E-state index contributed by atoms with van der Waals surface area (Å²) in [7, 11) is 0. The van der Waals surface area contributed by atoms with Gasteiger partial charge in [-0.05, 0) is 25.5 Å². The molecule has 1 aromatic rings. The van der Waals surface area contributed by atoms with E-state index in [4.69, 9.17) is 5.11 Å². The summed E-state index contributed by atoms with van der Waals surface area (Å²) in [6.45, 7) is 2.90. The van der Waals surface area contributed by atoms with E-state index in [0.29, 0.717) is 6.07 Å². The predicted molar refractivity (Wildman–Crippen MR) is 67.7 cm³/mol. The van der Waals surface area contributed by atoms with Gasteiger partial charge in [0.25, 0.3) is 0 Å². The van der Waals surface area contributed by atoms with E-state index in [1.165, 1.54) is 6.92 Å². The molecule has 1 atom stereocenters. The Morgan fingerprint density at radius 3 is 2.33 bits per heavy atom. The lowest BCUT2D eigenvalue weighted by molar-refractivity contribution is -0.144. The van der Waals surface area contributed by atoms with Crippen LogP contribution in [0.3, 0.4) is 0 Å². The second-order valence-electron chi connectivity index (χ2n) is 4.50. The molecule has 0 bridgehead atoms. The van der Waals surface area contributed by atoms with Crippen LogP contribution in [0.15, 0.2) is 18.3 Å². The molecule has 0 saturated heterocycles. The van der Waals surface area contributed by atoms with Crippen molar-refractivity contribution < 1.29 is 27.9 Å². The van der Waals surface area contributed by atoms with Crippen LogP contribution in [0.4, 0.5) is 23.7 Å². The molecule has 21 heavy (non-hydrogen) atoms. The number of hydrogen-bond donors (Lipinski definition) is 3. The maximum absolute atomic E-state index is 12.3. The molecule has 1 unspecified atom stereocenters. The SMILES string of the molecule is CCC(C)(NC(=O)Nc1ccc(C(F)(F)F)nc1)C(=O)O. The maximum Gasteiger partial charge on any atom is 0.433 e. The van der Waals surface area contributed by atoms with Gasteiger partial charge in [-0.3, -0.25) is 0 Å². The van der Waals surface area contributed by atoms with Crippen LogP contribution in [-0.4, -0.2) is 27.6 Å². The van der Waals surface area contributed by atoms with E-state index in [2.05, 4.69) is 15.6 Å². The summed E-state index contributed by atoms with van der Waals surface area (Å²) in [6.07, 6.45) is -3.58. The van der Waals surface area contributed by atoms with Crippen LogP contribution < -0.4 is 10.6 Å². The Hall–Kier alpha value is -2.32. The highest BCUT2D eigenvalue weighted by molar-refractivity contribution is 5.93. The third-order valence-electron chi connectivity index (χ3n) is 2.88. The molecule has 0 radical (unpaired) electrons. The predicted octanol–water partition coefficient (Wildman–Crippen LogP) is 2.48. The van der Waals surface area contributed by atoms with Crippen molar-refractivity contribution in [1.29, 1.82) is 0 Å². The number of carboxylic acid groups (broad SMARTS) is 1. The molecule has 3 N–H and O–H groups in total. The minimum absolute atomic E-state index is 0.0179. The first kappa shape index (κ1) is 16.7. The summed E-state index contributed by atoms with van der Waals surface area (Å²) in [4.78, 5) is 25.8. The standard InChI is InChI=1S/C12H14F3N3O3/c1-3-11(2,9(19)20)18-10(21)17-7-4-5-8(16-6-7)12(13,14)15/h4-6H,3H2,1-2H3,(H,19,20)(H2,17,18,21). The quantitative estimate of drug-likeness (QED) is 0.797. The molecule has 6 nitrogen and oxygen atoms in total. The molecule has 116 valence electrons. The molecule has 2 amide bonds. The van der Waals surface area contributed by atoms with Gasteiger partial charge in [0.05, 0.1) is 11.9 Å². The highest BCUT2D eigenvalue weighted by Crippen LogP contribution is 2.27. The van der Waals surface area contributed by atoms with Crippen LogP contribution >= 0.6 is 0 Å². The Kier molecular flexibility index (Phi) is 4.77. The second kappa shape index (κ2) is 5.98. The average molecular weight is 305 g/mol. The van der Waals surface area contributed by atoms with E-state index in [0.717, 1.165) is 12.3 Å². The molecule has 0 saturated carbocycles. The van der Waals surface area contributed by atoms with E-state index in [9.17, 15) is 22.8 Å². The Morgan fingerprint density at radius 2 is 1.95 bits per heavy atom.